The molecule has 1 unspecified atom stereocenters. The molecule has 1 saturated carbocycles. The van der Waals surface area contributed by atoms with E-state index in [2.05, 4.69) is 38.2 Å². The summed E-state index contributed by atoms with van der Waals surface area (Å²) in [6, 6.07) is 0. The molecular formula is C11H22S2. The summed E-state index contributed by atoms with van der Waals surface area (Å²) in [5.41, 5.74) is 0.626. The van der Waals surface area contributed by atoms with Gasteiger partial charge >= 0.3 is 0 Å². The molecule has 0 heterocycles. The molecule has 0 N–H and O–H groups in total. The Balaban J connectivity index is 2.10. The number of hydrogen-bond acceptors (Lipinski definition) is 2. The molecule has 0 nitrogen and oxygen atoms in total. The molecule has 0 aromatic carbocycles. The monoisotopic (exact) mass is 218 g/mol. The van der Waals surface area contributed by atoms with Crippen molar-refractivity contribution < 1.29 is 0 Å². The van der Waals surface area contributed by atoms with E-state index >= 15 is 0 Å². The van der Waals surface area contributed by atoms with Gasteiger partial charge in [-0.2, -0.15) is 24.4 Å². The molecular weight excluding hydrogens is 196 g/mol. The molecule has 0 bridgehead atoms. The van der Waals surface area contributed by atoms with Gasteiger partial charge in [-0.1, -0.05) is 26.7 Å². The van der Waals surface area contributed by atoms with E-state index in [4.69, 9.17) is 0 Å². The first kappa shape index (κ1) is 11.8. The van der Waals surface area contributed by atoms with Crippen molar-refractivity contribution in [3.63, 3.8) is 0 Å². The molecule has 78 valence electrons. The maximum Gasteiger partial charge on any atom is -0.000289 e. The average Bonchev–Trinajstić information content (AvgIpc) is 2.09. The van der Waals surface area contributed by atoms with Crippen LogP contribution in [0, 0.1) is 11.3 Å². The molecule has 1 aliphatic rings. The second kappa shape index (κ2) is 5.55. The Kier molecular flexibility index (Phi) is 5.03. The van der Waals surface area contributed by atoms with Gasteiger partial charge in [0, 0.05) is 0 Å². The second-order valence-corrected chi connectivity index (χ2v) is 5.89. The third-order valence-electron chi connectivity index (χ3n) is 3.26. The van der Waals surface area contributed by atoms with Gasteiger partial charge in [0.05, 0.1) is 0 Å². The Labute approximate surface area is 92.7 Å². The van der Waals surface area contributed by atoms with E-state index < -0.39 is 0 Å². The molecule has 13 heavy (non-hydrogen) atoms. The summed E-state index contributed by atoms with van der Waals surface area (Å²) in [6.45, 7) is 4.63. The van der Waals surface area contributed by atoms with Crippen LogP contribution in [-0.2, 0) is 0 Å². The minimum atomic E-state index is 0.626. The lowest BCUT2D eigenvalue weighted by molar-refractivity contribution is 0.205. The molecule has 1 fully saturated rings. The average molecular weight is 218 g/mol. The predicted molar refractivity (Wildman–Crippen MR) is 66.9 cm³/mol. The lowest BCUT2D eigenvalue weighted by Gasteiger charge is -2.40. The van der Waals surface area contributed by atoms with Gasteiger partial charge in [0.15, 0.2) is 0 Å². The van der Waals surface area contributed by atoms with Crippen molar-refractivity contribution in [1.82, 2.24) is 0 Å². The van der Waals surface area contributed by atoms with Gasteiger partial charge in [-0.3, -0.25) is 0 Å². The fourth-order valence-corrected chi connectivity index (χ4v) is 3.78. The SMILES string of the molecule is CCC(C)CSCC1(CS)CCC1. The third kappa shape index (κ3) is 3.39. The highest BCUT2D eigenvalue weighted by atomic mass is 32.2. The highest BCUT2D eigenvalue weighted by Crippen LogP contribution is 2.44. The van der Waals surface area contributed by atoms with Crippen molar-refractivity contribution in [3.8, 4) is 0 Å². The summed E-state index contributed by atoms with van der Waals surface area (Å²) >= 11 is 6.61. The van der Waals surface area contributed by atoms with Gasteiger partial charge in [-0.25, -0.2) is 0 Å². The second-order valence-electron chi connectivity index (χ2n) is 4.54. The lowest BCUT2D eigenvalue weighted by Crippen LogP contribution is -2.34. The van der Waals surface area contributed by atoms with E-state index in [-0.39, 0.29) is 0 Å². The molecule has 2 heteroatoms. The molecule has 0 aliphatic heterocycles. The topological polar surface area (TPSA) is 0 Å². The van der Waals surface area contributed by atoms with Gasteiger partial charge in [-0.05, 0) is 41.4 Å². The zero-order chi connectivity index (χ0) is 9.73. The lowest BCUT2D eigenvalue weighted by atomic mass is 9.72. The number of hydrogen-bond donors (Lipinski definition) is 1. The standard InChI is InChI=1S/C11H22S2/c1-3-10(2)7-13-9-11(8-12)5-4-6-11/h10,12H,3-9H2,1-2H3. The number of thioether (sulfide) groups is 1. The van der Waals surface area contributed by atoms with E-state index in [1.807, 2.05) is 0 Å². The van der Waals surface area contributed by atoms with Gasteiger partial charge in [0.2, 0.25) is 0 Å². The minimum Gasteiger partial charge on any atom is -0.179 e. The maximum atomic E-state index is 4.47. The van der Waals surface area contributed by atoms with Crippen molar-refractivity contribution in [2.75, 3.05) is 17.3 Å². The van der Waals surface area contributed by atoms with Crippen LogP contribution >= 0.6 is 24.4 Å². The van der Waals surface area contributed by atoms with Crippen LogP contribution in [0.3, 0.4) is 0 Å². The van der Waals surface area contributed by atoms with Crippen LogP contribution in [0.1, 0.15) is 39.5 Å². The van der Waals surface area contributed by atoms with E-state index in [0.717, 1.165) is 11.7 Å². The zero-order valence-electron chi connectivity index (χ0n) is 8.88. The number of thiol groups is 1. The van der Waals surface area contributed by atoms with Crippen molar-refractivity contribution >= 4 is 24.4 Å². The first-order valence-electron chi connectivity index (χ1n) is 5.41. The van der Waals surface area contributed by atoms with Gasteiger partial charge in [-0.15, -0.1) is 0 Å². The minimum absolute atomic E-state index is 0.626. The summed E-state index contributed by atoms with van der Waals surface area (Å²) in [7, 11) is 0. The summed E-state index contributed by atoms with van der Waals surface area (Å²) < 4.78 is 0. The quantitative estimate of drug-likeness (QED) is 0.660. The predicted octanol–water partition coefficient (Wildman–Crippen LogP) is 3.87. The van der Waals surface area contributed by atoms with Crippen LogP contribution < -0.4 is 0 Å². The molecule has 1 aliphatic carbocycles. The highest BCUT2D eigenvalue weighted by Gasteiger charge is 2.35. The first-order valence-corrected chi connectivity index (χ1v) is 7.20. The van der Waals surface area contributed by atoms with Crippen molar-refractivity contribution in [2.45, 2.75) is 39.5 Å². The molecule has 0 spiro atoms. The van der Waals surface area contributed by atoms with E-state index in [1.54, 1.807) is 0 Å². The summed E-state index contributed by atoms with van der Waals surface area (Å²) in [5, 5.41) is 0. The van der Waals surface area contributed by atoms with Crippen molar-refractivity contribution in [1.29, 1.82) is 0 Å². The van der Waals surface area contributed by atoms with Gasteiger partial charge in [0.1, 0.15) is 0 Å². The van der Waals surface area contributed by atoms with Crippen LogP contribution in [0.2, 0.25) is 0 Å². The van der Waals surface area contributed by atoms with Gasteiger partial charge in [0.25, 0.3) is 0 Å². The fraction of sp³-hybridized carbons (Fsp3) is 1.00. The number of rotatable bonds is 6. The molecule has 1 atom stereocenters. The molecule has 0 radical (unpaired) electrons. The highest BCUT2D eigenvalue weighted by molar-refractivity contribution is 7.99. The van der Waals surface area contributed by atoms with E-state index in [1.165, 1.54) is 37.2 Å². The van der Waals surface area contributed by atoms with Crippen LogP contribution in [-0.4, -0.2) is 17.3 Å². The van der Waals surface area contributed by atoms with Crippen LogP contribution in [0.5, 0.6) is 0 Å². The Bertz CT molecular complexity index is 136. The van der Waals surface area contributed by atoms with Crippen molar-refractivity contribution in [3.05, 3.63) is 0 Å². The normalized spacial score (nSPS) is 22.4. The Morgan fingerprint density at radius 2 is 2.15 bits per heavy atom. The Hall–Kier alpha value is 0.700. The molecule has 0 aromatic heterocycles. The van der Waals surface area contributed by atoms with Crippen LogP contribution in [0.25, 0.3) is 0 Å². The molecule has 0 amide bonds. The Morgan fingerprint density at radius 1 is 1.46 bits per heavy atom. The summed E-state index contributed by atoms with van der Waals surface area (Å²) in [6.07, 6.45) is 5.60. The van der Waals surface area contributed by atoms with E-state index in [0.29, 0.717) is 5.41 Å². The van der Waals surface area contributed by atoms with Crippen LogP contribution in [0.4, 0.5) is 0 Å². The fourth-order valence-electron chi connectivity index (χ4n) is 1.62. The first-order chi connectivity index (χ1) is 6.22. The molecule has 0 aromatic rings. The maximum absolute atomic E-state index is 4.47. The molecule has 0 saturated heterocycles. The molecule has 1 rings (SSSR count). The van der Waals surface area contributed by atoms with Gasteiger partial charge < -0.3 is 0 Å². The Morgan fingerprint density at radius 3 is 2.54 bits per heavy atom. The van der Waals surface area contributed by atoms with Crippen molar-refractivity contribution in [2.24, 2.45) is 11.3 Å². The van der Waals surface area contributed by atoms with Crippen LogP contribution in [0.15, 0.2) is 0 Å². The zero-order valence-corrected chi connectivity index (χ0v) is 10.6. The summed E-state index contributed by atoms with van der Waals surface area (Å²) in [5.74, 6) is 4.68. The summed E-state index contributed by atoms with van der Waals surface area (Å²) in [4.78, 5) is 0. The smallest absolute Gasteiger partial charge is 0.000289 e. The largest absolute Gasteiger partial charge is 0.179 e. The van der Waals surface area contributed by atoms with E-state index in [9.17, 15) is 0 Å². The third-order valence-corrected chi connectivity index (χ3v) is 5.55.